The van der Waals surface area contributed by atoms with Crippen LogP contribution < -0.4 is 0 Å². The first kappa shape index (κ1) is 18.3. The van der Waals surface area contributed by atoms with Crippen molar-refractivity contribution < 1.29 is 24.9 Å². The van der Waals surface area contributed by atoms with E-state index in [4.69, 9.17) is 15.3 Å². The Morgan fingerprint density at radius 1 is 0.765 bits per heavy atom. The first-order chi connectivity index (χ1) is 8.04. The molecule has 0 amide bonds. The number of aliphatic hydroxyl groups excluding tert-OH is 1. The molecule has 0 rings (SSSR count). The zero-order chi connectivity index (χ0) is 13.5. The van der Waals surface area contributed by atoms with E-state index in [1.807, 2.05) is 0 Å². The molecule has 0 aromatic heterocycles. The Bertz CT molecular complexity index is 171. The maximum atomic E-state index is 10.1. The predicted molar refractivity (Wildman–Crippen MR) is 65.0 cm³/mol. The van der Waals surface area contributed by atoms with Gasteiger partial charge in [0.25, 0.3) is 0 Å². The topological polar surface area (TPSA) is 94.8 Å². The lowest BCUT2D eigenvalue weighted by Crippen LogP contribution is -1.94. The van der Waals surface area contributed by atoms with Crippen LogP contribution in [0.25, 0.3) is 0 Å². The van der Waals surface area contributed by atoms with Gasteiger partial charge < -0.3 is 15.3 Å². The summed E-state index contributed by atoms with van der Waals surface area (Å²) >= 11 is 0. The second kappa shape index (κ2) is 14.9. The molecule has 0 saturated carbocycles. The number of carbonyl (C=O) groups is 2. The van der Waals surface area contributed by atoms with Gasteiger partial charge in [0.1, 0.15) is 0 Å². The molecule has 0 atom stereocenters. The summed E-state index contributed by atoms with van der Waals surface area (Å²) in [5.74, 6) is -1.48. The molecular weight excluding hydrogens is 224 g/mol. The number of unbranched alkanes of at least 4 members (excludes halogenated alkanes) is 5. The number of carboxylic acid groups (broad SMARTS) is 2. The average molecular weight is 248 g/mol. The molecule has 0 aromatic rings. The van der Waals surface area contributed by atoms with Crippen molar-refractivity contribution in [2.24, 2.45) is 0 Å². The summed E-state index contributed by atoms with van der Waals surface area (Å²) in [6.07, 6.45) is 5.82. The fourth-order valence-electron chi connectivity index (χ4n) is 1.26. The molecule has 0 spiro atoms. The lowest BCUT2D eigenvalue weighted by atomic mass is 10.1. The van der Waals surface area contributed by atoms with Crippen LogP contribution in [0.1, 0.15) is 58.3 Å². The fourth-order valence-corrected chi connectivity index (χ4v) is 1.26. The number of aliphatic hydroxyl groups is 1. The highest BCUT2D eigenvalue weighted by atomic mass is 16.4. The molecule has 0 aliphatic heterocycles. The number of carboxylic acids is 2. The molecule has 17 heavy (non-hydrogen) atoms. The minimum Gasteiger partial charge on any atom is -0.481 e. The van der Waals surface area contributed by atoms with Crippen molar-refractivity contribution >= 4 is 11.9 Å². The molecule has 0 bridgehead atoms. The average Bonchev–Trinajstić information content (AvgIpc) is 2.22. The Morgan fingerprint density at radius 3 is 1.24 bits per heavy atom. The molecule has 0 aliphatic carbocycles. The van der Waals surface area contributed by atoms with E-state index in [1.165, 1.54) is 0 Å². The summed E-state index contributed by atoms with van der Waals surface area (Å²) in [6.45, 7) is 1.93. The molecule has 102 valence electrons. The summed E-state index contributed by atoms with van der Waals surface area (Å²) in [5, 5.41) is 24.3. The number of aliphatic carboxylic acids is 2. The van der Waals surface area contributed by atoms with Crippen molar-refractivity contribution in [2.75, 3.05) is 6.61 Å². The van der Waals surface area contributed by atoms with Crippen LogP contribution in [-0.4, -0.2) is 33.9 Å². The number of hydrogen-bond donors (Lipinski definition) is 3. The summed E-state index contributed by atoms with van der Waals surface area (Å²) < 4.78 is 0. The van der Waals surface area contributed by atoms with Crippen molar-refractivity contribution in [3.63, 3.8) is 0 Å². The maximum absolute atomic E-state index is 10.1. The molecule has 0 radical (unpaired) electrons. The van der Waals surface area contributed by atoms with Gasteiger partial charge in [0.15, 0.2) is 0 Å². The molecule has 0 unspecified atom stereocenters. The summed E-state index contributed by atoms with van der Waals surface area (Å²) in [7, 11) is 0. The summed E-state index contributed by atoms with van der Waals surface area (Å²) in [6, 6.07) is 0. The minimum absolute atomic E-state index is 0.245. The summed E-state index contributed by atoms with van der Waals surface area (Å²) in [4.78, 5) is 20.3. The molecule has 5 heteroatoms. The van der Waals surface area contributed by atoms with Gasteiger partial charge in [-0.2, -0.15) is 0 Å². The second-order valence-electron chi connectivity index (χ2n) is 3.73. The van der Waals surface area contributed by atoms with Gasteiger partial charge in [0, 0.05) is 19.4 Å². The van der Waals surface area contributed by atoms with Crippen LogP contribution in [0.4, 0.5) is 0 Å². The number of rotatable bonds is 9. The lowest BCUT2D eigenvalue weighted by molar-refractivity contribution is -0.138. The molecule has 0 saturated heterocycles. The highest BCUT2D eigenvalue weighted by molar-refractivity contribution is 5.66. The van der Waals surface area contributed by atoms with Crippen LogP contribution >= 0.6 is 0 Å². The number of hydrogen-bond acceptors (Lipinski definition) is 3. The highest BCUT2D eigenvalue weighted by Gasteiger charge is 1.98. The van der Waals surface area contributed by atoms with Crippen LogP contribution in [0.15, 0.2) is 0 Å². The highest BCUT2D eigenvalue weighted by Crippen LogP contribution is 2.08. The van der Waals surface area contributed by atoms with Gasteiger partial charge >= 0.3 is 11.9 Å². The van der Waals surface area contributed by atoms with Crippen LogP contribution in [0.3, 0.4) is 0 Å². The Kier molecular flexibility index (Phi) is 16.0. The predicted octanol–water partition coefficient (Wildman–Crippen LogP) is 2.27. The van der Waals surface area contributed by atoms with Crippen LogP contribution in [0, 0.1) is 0 Å². The van der Waals surface area contributed by atoms with Gasteiger partial charge in [0.2, 0.25) is 0 Å². The molecule has 0 aliphatic rings. The smallest absolute Gasteiger partial charge is 0.303 e. The molecule has 0 fully saturated rings. The Morgan fingerprint density at radius 2 is 1.00 bits per heavy atom. The van der Waals surface area contributed by atoms with Crippen molar-refractivity contribution in [1.82, 2.24) is 0 Å². The standard InChI is InChI=1S/C10H18O4.C2H6O/c11-9(12)7-5-3-1-2-4-6-8-10(13)14;1-2-3/h1-8H2,(H,11,12)(H,13,14);3H,2H2,1H3. The molecule has 3 N–H and O–H groups in total. The van der Waals surface area contributed by atoms with Gasteiger partial charge in [0.05, 0.1) is 0 Å². The zero-order valence-corrected chi connectivity index (χ0v) is 10.5. The zero-order valence-electron chi connectivity index (χ0n) is 10.5. The Hall–Kier alpha value is -1.10. The van der Waals surface area contributed by atoms with E-state index in [2.05, 4.69) is 0 Å². The van der Waals surface area contributed by atoms with E-state index in [9.17, 15) is 9.59 Å². The van der Waals surface area contributed by atoms with Gasteiger partial charge in [-0.15, -0.1) is 0 Å². The third-order valence-corrected chi connectivity index (χ3v) is 2.03. The van der Waals surface area contributed by atoms with Gasteiger partial charge in [-0.05, 0) is 19.8 Å². The molecule has 5 nitrogen and oxygen atoms in total. The summed E-state index contributed by atoms with van der Waals surface area (Å²) in [5.41, 5.74) is 0. The van der Waals surface area contributed by atoms with Gasteiger partial charge in [-0.1, -0.05) is 25.7 Å². The van der Waals surface area contributed by atoms with Crippen molar-refractivity contribution in [1.29, 1.82) is 0 Å². The quantitative estimate of drug-likeness (QED) is 0.544. The molecule has 0 heterocycles. The van der Waals surface area contributed by atoms with Gasteiger partial charge in [-0.3, -0.25) is 9.59 Å². The third kappa shape index (κ3) is 25.3. The van der Waals surface area contributed by atoms with Gasteiger partial charge in [-0.25, -0.2) is 0 Å². The van der Waals surface area contributed by atoms with Crippen LogP contribution in [0.2, 0.25) is 0 Å². The van der Waals surface area contributed by atoms with E-state index < -0.39 is 11.9 Å². The molecule has 0 aromatic carbocycles. The minimum atomic E-state index is -0.740. The maximum Gasteiger partial charge on any atom is 0.303 e. The monoisotopic (exact) mass is 248 g/mol. The van der Waals surface area contributed by atoms with Crippen molar-refractivity contribution in [3.8, 4) is 0 Å². The van der Waals surface area contributed by atoms with Crippen LogP contribution in [0.5, 0.6) is 0 Å². The first-order valence-corrected chi connectivity index (χ1v) is 6.09. The first-order valence-electron chi connectivity index (χ1n) is 6.09. The third-order valence-electron chi connectivity index (χ3n) is 2.03. The van der Waals surface area contributed by atoms with E-state index >= 15 is 0 Å². The molecular formula is C12H24O5. The second-order valence-corrected chi connectivity index (χ2v) is 3.73. The lowest BCUT2D eigenvalue weighted by Gasteiger charge is -1.98. The van der Waals surface area contributed by atoms with E-state index in [1.54, 1.807) is 6.92 Å². The normalized spacial score (nSPS) is 9.29. The fraction of sp³-hybridized carbons (Fsp3) is 0.833. The van der Waals surface area contributed by atoms with E-state index in [-0.39, 0.29) is 19.4 Å². The van der Waals surface area contributed by atoms with Crippen LogP contribution in [-0.2, 0) is 9.59 Å². The van der Waals surface area contributed by atoms with Crippen molar-refractivity contribution in [2.45, 2.75) is 58.3 Å². The Labute approximate surface area is 102 Å². The largest absolute Gasteiger partial charge is 0.481 e. The van der Waals surface area contributed by atoms with E-state index in [0.717, 1.165) is 38.5 Å². The Balaban J connectivity index is 0. The van der Waals surface area contributed by atoms with Crippen molar-refractivity contribution in [3.05, 3.63) is 0 Å². The SMILES string of the molecule is CCO.O=C(O)CCCCCCCCC(=O)O. The van der Waals surface area contributed by atoms with E-state index in [0.29, 0.717) is 0 Å².